The normalized spacial score (nSPS) is 11.0. The Morgan fingerprint density at radius 1 is 1.38 bits per heavy atom. The van der Waals surface area contributed by atoms with E-state index in [0.717, 1.165) is 35.6 Å². The third-order valence-corrected chi connectivity index (χ3v) is 3.65. The Morgan fingerprint density at radius 2 is 2.12 bits per heavy atom. The number of aromatic nitrogens is 2. The molecule has 0 aliphatic rings. The SMILES string of the molecule is COc1cc(/C=C/C(=O)Nc2nnc(C)s2)c([N+](=O)[O-])cc1OC(F)F. The van der Waals surface area contributed by atoms with E-state index in [2.05, 4.69) is 20.3 Å². The fourth-order valence-corrected chi connectivity index (χ4v) is 2.46. The molecule has 0 aliphatic heterocycles. The number of amides is 1. The van der Waals surface area contributed by atoms with E-state index in [1.807, 2.05) is 0 Å². The van der Waals surface area contributed by atoms with Crippen LogP contribution in [-0.2, 0) is 4.79 Å². The number of nitro benzene ring substituents is 1. The van der Waals surface area contributed by atoms with Gasteiger partial charge in [0.2, 0.25) is 11.0 Å². The highest BCUT2D eigenvalue weighted by Crippen LogP contribution is 2.36. The molecule has 0 radical (unpaired) electrons. The molecule has 1 aromatic carbocycles. The summed E-state index contributed by atoms with van der Waals surface area (Å²) in [5.41, 5.74) is -0.561. The van der Waals surface area contributed by atoms with Gasteiger partial charge in [0.05, 0.1) is 23.7 Å². The second-order valence-electron chi connectivity index (χ2n) is 4.65. The first kappa shape index (κ1) is 19.2. The summed E-state index contributed by atoms with van der Waals surface area (Å²) in [5.74, 6) is -1.22. The molecule has 0 bridgehead atoms. The molecule has 1 amide bonds. The van der Waals surface area contributed by atoms with E-state index >= 15 is 0 Å². The zero-order valence-electron chi connectivity index (χ0n) is 13.4. The largest absolute Gasteiger partial charge is 0.493 e. The van der Waals surface area contributed by atoms with E-state index in [1.54, 1.807) is 6.92 Å². The van der Waals surface area contributed by atoms with Crippen molar-refractivity contribution in [2.24, 2.45) is 0 Å². The predicted molar refractivity (Wildman–Crippen MR) is 88.6 cm³/mol. The van der Waals surface area contributed by atoms with Gasteiger partial charge >= 0.3 is 6.61 Å². The molecule has 1 heterocycles. The van der Waals surface area contributed by atoms with Crippen molar-refractivity contribution >= 4 is 34.1 Å². The number of carbonyl (C=O) groups excluding carboxylic acids is 1. The van der Waals surface area contributed by atoms with Crippen molar-refractivity contribution in [2.75, 3.05) is 12.4 Å². The van der Waals surface area contributed by atoms with Gasteiger partial charge in [-0.05, 0) is 19.1 Å². The van der Waals surface area contributed by atoms with Gasteiger partial charge < -0.3 is 9.47 Å². The number of hydrogen-bond donors (Lipinski definition) is 1. The maximum Gasteiger partial charge on any atom is 0.387 e. The fraction of sp³-hybridized carbons (Fsp3) is 0.214. The van der Waals surface area contributed by atoms with Crippen molar-refractivity contribution in [3.05, 3.63) is 38.9 Å². The van der Waals surface area contributed by atoms with Crippen LogP contribution in [-0.4, -0.2) is 34.7 Å². The number of nitro groups is 1. The maximum absolute atomic E-state index is 12.4. The van der Waals surface area contributed by atoms with Crippen LogP contribution >= 0.6 is 11.3 Å². The summed E-state index contributed by atoms with van der Waals surface area (Å²) in [6.45, 7) is -1.46. The summed E-state index contributed by atoms with van der Waals surface area (Å²) in [5, 5.41) is 22.0. The Labute approximate surface area is 149 Å². The molecule has 26 heavy (non-hydrogen) atoms. The first-order valence-electron chi connectivity index (χ1n) is 6.90. The minimum absolute atomic E-state index is 0.0305. The molecule has 9 nitrogen and oxygen atoms in total. The van der Waals surface area contributed by atoms with Gasteiger partial charge in [-0.1, -0.05) is 11.3 Å². The topological polar surface area (TPSA) is 116 Å². The molecule has 0 unspecified atom stereocenters. The number of nitrogens with zero attached hydrogens (tertiary/aromatic N) is 3. The van der Waals surface area contributed by atoms with Crippen molar-refractivity contribution in [3.8, 4) is 11.5 Å². The van der Waals surface area contributed by atoms with Gasteiger partial charge in [0.1, 0.15) is 5.01 Å². The number of benzene rings is 1. The molecule has 2 aromatic rings. The van der Waals surface area contributed by atoms with E-state index in [9.17, 15) is 23.7 Å². The number of aryl methyl sites for hydroxylation is 1. The van der Waals surface area contributed by atoms with Crippen LogP contribution in [0.15, 0.2) is 18.2 Å². The lowest BCUT2D eigenvalue weighted by Crippen LogP contribution is -2.07. The summed E-state index contributed by atoms with van der Waals surface area (Å²) < 4.78 is 33.9. The highest BCUT2D eigenvalue weighted by molar-refractivity contribution is 7.15. The Morgan fingerprint density at radius 3 is 2.65 bits per heavy atom. The number of nitrogens with one attached hydrogen (secondary N) is 1. The van der Waals surface area contributed by atoms with E-state index < -0.39 is 28.9 Å². The average molecular weight is 386 g/mol. The van der Waals surface area contributed by atoms with Crippen molar-refractivity contribution in [1.29, 1.82) is 0 Å². The molecule has 0 aliphatic carbocycles. The molecular weight excluding hydrogens is 374 g/mol. The van der Waals surface area contributed by atoms with Gasteiger partial charge in [0.15, 0.2) is 11.5 Å². The Balaban J connectivity index is 2.28. The molecule has 138 valence electrons. The second kappa shape index (κ2) is 8.29. The summed E-state index contributed by atoms with van der Waals surface area (Å²) >= 11 is 1.16. The molecule has 0 fully saturated rings. The third kappa shape index (κ3) is 4.92. The molecule has 0 atom stereocenters. The van der Waals surface area contributed by atoms with Gasteiger partial charge in [0.25, 0.3) is 5.69 Å². The number of carbonyl (C=O) groups is 1. The smallest absolute Gasteiger partial charge is 0.387 e. The van der Waals surface area contributed by atoms with E-state index in [1.165, 1.54) is 7.11 Å². The lowest BCUT2D eigenvalue weighted by Gasteiger charge is -2.10. The van der Waals surface area contributed by atoms with Crippen LogP contribution in [0.1, 0.15) is 10.6 Å². The molecule has 0 spiro atoms. The van der Waals surface area contributed by atoms with Gasteiger partial charge in [-0.2, -0.15) is 8.78 Å². The predicted octanol–water partition coefficient (Wildman–Crippen LogP) is 3.02. The van der Waals surface area contributed by atoms with Crippen LogP contribution in [0.2, 0.25) is 0 Å². The lowest BCUT2D eigenvalue weighted by atomic mass is 10.1. The first-order chi connectivity index (χ1) is 12.3. The Kier molecular flexibility index (Phi) is 6.11. The van der Waals surface area contributed by atoms with Crippen LogP contribution < -0.4 is 14.8 Å². The highest BCUT2D eigenvalue weighted by atomic mass is 32.1. The number of halogens is 2. The van der Waals surface area contributed by atoms with Crippen molar-refractivity contribution in [3.63, 3.8) is 0 Å². The monoisotopic (exact) mass is 386 g/mol. The van der Waals surface area contributed by atoms with Gasteiger partial charge in [0, 0.05) is 6.08 Å². The molecule has 0 saturated carbocycles. The number of rotatable bonds is 7. The van der Waals surface area contributed by atoms with Gasteiger partial charge in [-0.15, -0.1) is 10.2 Å². The van der Waals surface area contributed by atoms with Crippen molar-refractivity contribution in [1.82, 2.24) is 10.2 Å². The quantitative estimate of drug-likeness (QED) is 0.442. The van der Waals surface area contributed by atoms with Crippen LogP contribution in [0.25, 0.3) is 6.08 Å². The zero-order chi connectivity index (χ0) is 19.3. The van der Waals surface area contributed by atoms with E-state index in [-0.39, 0.29) is 16.4 Å². The molecule has 1 N–H and O–H groups in total. The molecule has 2 rings (SSSR count). The minimum Gasteiger partial charge on any atom is -0.493 e. The summed E-state index contributed by atoms with van der Waals surface area (Å²) in [7, 11) is 1.19. The van der Waals surface area contributed by atoms with Crippen LogP contribution in [0.3, 0.4) is 0 Å². The fourth-order valence-electron chi connectivity index (χ4n) is 1.86. The molecule has 0 saturated heterocycles. The highest BCUT2D eigenvalue weighted by Gasteiger charge is 2.20. The van der Waals surface area contributed by atoms with Gasteiger partial charge in [-0.25, -0.2) is 0 Å². The number of ether oxygens (including phenoxy) is 2. The second-order valence-corrected chi connectivity index (χ2v) is 5.83. The number of alkyl halides is 2. The van der Waals surface area contributed by atoms with Crippen molar-refractivity contribution < 1.29 is 28.0 Å². The molecule has 1 aromatic heterocycles. The summed E-state index contributed by atoms with van der Waals surface area (Å²) in [4.78, 5) is 22.2. The number of methoxy groups -OCH3 is 1. The first-order valence-corrected chi connectivity index (χ1v) is 7.72. The molecule has 12 heteroatoms. The van der Waals surface area contributed by atoms with E-state index in [4.69, 9.17) is 4.74 Å². The van der Waals surface area contributed by atoms with Crippen molar-refractivity contribution in [2.45, 2.75) is 13.5 Å². The number of hydrogen-bond acceptors (Lipinski definition) is 8. The summed E-state index contributed by atoms with van der Waals surface area (Å²) in [6.07, 6.45) is 2.18. The molecular formula is C14H12F2N4O5S. The third-order valence-electron chi connectivity index (χ3n) is 2.90. The van der Waals surface area contributed by atoms with E-state index in [0.29, 0.717) is 5.01 Å². The Hall–Kier alpha value is -3.15. The van der Waals surface area contributed by atoms with Crippen LogP contribution in [0, 0.1) is 17.0 Å². The standard InChI is InChI=1S/C14H12F2N4O5S/c1-7-18-19-14(26-7)17-12(21)4-3-8-5-10(24-2)11(25-13(15)16)6-9(8)20(22)23/h3-6,13H,1-2H3,(H,17,19,21)/b4-3+. The number of anilines is 1. The minimum atomic E-state index is -3.17. The summed E-state index contributed by atoms with van der Waals surface area (Å²) in [6, 6.07) is 1.92. The zero-order valence-corrected chi connectivity index (χ0v) is 14.3. The van der Waals surface area contributed by atoms with Crippen LogP contribution in [0.4, 0.5) is 19.6 Å². The lowest BCUT2D eigenvalue weighted by molar-refractivity contribution is -0.385. The average Bonchev–Trinajstić information content (AvgIpc) is 2.97. The van der Waals surface area contributed by atoms with Gasteiger partial charge in [-0.3, -0.25) is 20.2 Å². The maximum atomic E-state index is 12.4. The van der Waals surface area contributed by atoms with Crippen LogP contribution in [0.5, 0.6) is 11.5 Å². The Bertz CT molecular complexity index is 856.